The van der Waals surface area contributed by atoms with E-state index in [1.807, 2.05) is 55.5 Å². The van der Waals surface area contributed by atoms with Gasteiger partial charge in [-0.25, -0.2) is 4.79 Å². The van der Waals surface area contributed by atoms with Crippen molar-refractivity contribution in [2.75, 3.05) is 6.54 Å². The van der Waals surface area contributed by atoms with Crippen LogP contribution in [0.4, 0.5) is 0 Å². The number of nitrogens with zero attached hydrogens (tertiary/aromatic N) is 2. The van der Waals surface area contributed by atoms with Crippen molar-refractivity contribution in [1.82, 2.24) is 14.5 Å². The largest absolute Gasteiger partial charge is 0.354 e. The maximum absolute atomic E-state index is 12.7. The first kappa shape index (κ1) is 18.3. The molecule has 0 saturated heterocycles. The lowest BCUT2D eigenvalue weighted by Crippen LogP contribution is -2.34. The third-order valence-electron chi connectivity index (χ3n) is 4.32. The fraction of sp³-hybridized carbons (Fsp3) is 0.300. The molecule has 6 heteroatoms. The lowest BCUT2D eigenvalue weighted by Gasteiger charge is -2.06. The van der Waals surface area contributed by atoms with Gasteiger partial charge in [-0.3, -0.25) is 13.9 Å². The van der Waals surface area contributed by atoms with Crippen LogP contribution < -0.4 is 11.0 Å². The highest BCUT2D eigenvalue weighted by atomic mass is 35.5. The number of aromatic nitrogens is 2. The molecule has 1 amide bonds. The molecule has 5 nitrogen and oxygen atoms in total. The number of aryl methyl sites for hydroxylation is 1. The normalized spacial score (nSPS) is 11.0. The Morgan fingerprint density at radius 1 is 1.04 bits per heavy atom. The predicted octanol–water partition coefficient (Wildman–Crippen LogP) is 3.23. The van der Waals surface area contributed by atoms with E-state index in [1.54, 1.807) is 9.13 Å². The van der Waals surface area contributed by atoms with Crippen LogP contribution in [0.15, 0.2) is 53.3 Å². The Bertz CT molecular complexity index is 957. The molecule has 0 unspecified atom stereocenters. The zero-order valence-corrected chi connectivity index (χ0v) is 15.5. The van der Waals surface area contributed by atoms with Gasteiger partial charge in [-0.15, -0.1) is 0 Å². The zero-order valence-electron chi connectivity index (χ0n) is 14.7. The average Bonchev–Trinajstić information content (AvgIpc) is 2.90. The van der Waals surface area contributed by atoms with Gasteiger partial charge in [0, 0.05) is 18.1 Å². The molecule has 0 radical (unpaired) electrons. The number of rotatable bonds is 7. The zero-order chi connectivity index (χ0) is 18.5. The SMILES string of the molecule is CCCn1c(=O)n(CC(=O)NCCc2ccc(Cl)cc2)c2ccccc21. The molecule has 1 aromatic heterocycles. The van der Waals surface area contributed by atoms with Crippen LogP contribution in [-0.2, 0) is 24.3 Å². The van der Waals surface area contributed by atoms with Crippen molar-refractivity contribution in [2.45, 2.75) is 32.9 Å². The minimum Gasteiger partial charge on any atom is -0.354 e. The van der Waals surface area contributed by atoms with Crippen molar-refractivity contribution in [3.8, 4) is 0 Å². The molecule has 26 heavy (non-hydrogen) atoms. The fourth-order valence-corrected chi connectivity index (χ4v) is 3.19. The number of para-hydroxylation sites is 2. The lowest BCUT2D eigenvalue weighted by molar-refractivity contribution is -0.121. The summed E-state index contributed by atoms with van der Waals surface area (Å²) in [6.45, 7) is 3.21. The van der Waals surface area contributed by atoms with Crippen molar-refractivity contribution in [1.29, 1.82) is 0 Å². The van der Waals surface area contributed by atoms with E-state index in [9.17, 15) is 9.59 Å². The first-order valence-electron chi connectivity index (χ1n) is 8.79. The van der Waals surface area contributed by atoms with Crippen LogP contribution in [-0.4, -0.2) is 21.6 Å². The van der Waals surface area contributed by atoms with Crippen LogP contribution in [0.1, 0.15) is 18.9 Å². The summed E-state index contributed by atoms with van der Waals surface area (Å²) in [6.07, 6.45) is 1.58. The van der Waals surface area contributed by atoms with Crippen LogP contribution in [0.25, 0.3) is 11.0 Å². The standard InChI is InChI=1S/C20H22ClN3O2/c1-2-13-23-17-5-3-4-6-18(17)24(20(23)26)14-19(25)22-12-11-15-7-9-16(21)10-8-15/h3-10H,2,11-14H2,1H3,(H,22,25). The van der Waals surface area contributed by atoms with Crippen molar-refractivity contribution >= 4 is 28.5 Å². The Morgan fingerprint density at radius 2 is 1.69 bits per heavy atom. The van der Waals surface area contributed by atoms with Crippen molar-refractivity contribution in [2.24, 2.45) is 0 Å². The van der Waals surface area contributed by atoms with Crippen LogP contribution in [0.5, 0.6) is 0 Å². The van der Waals surface area contributed by atoms with E-state index in [4.69, 9.17) is 11.6 Å². The summed E-state index contributed by atoms with van der Waals surface area (Å²) in [5.41, 5.74) is 2.62. The van der Waals surface area contributed by atoms with Crippen molar-refractivity contribution < 1.29 is 4.79 Å². The topological polar surface area (TPSA) is 56.0 Å². The number of amides is 1. The Morgan fingerprint density at radius 3 is 2.35 bits per heavy atom. The number of carbonyl (C=O) groups excluding carboxylic acids is 1. The van der Waals surface area contributed by atoms with E-state index >= 15 is 0 Å². The van der Waals surface area contributed by atoms with E-state index in [1.165, 1.54) is 0 Å². The molecule has 0 aliphatic carbocycles. The molecule has 2 aromatic carbocycles. The fourth-order valence-electron chi connectivity index (χ4n) is 3.06. The molecule has 0 fully saturated rings. The summed E-state index contributed by atoms with van der Waals surface area (Å²) in [4.78, 5) is 25.0. The first-order chi connectivity index (χ1) is 12.6. The van der Waals surface area contributed by atoms with Gasteiger partial charge >= 0.3 is 5.69 Å². The van der Waals surface area contributed by atoms with Gasteiger partial charge in [-0.05, 0) is 42.7 Å². The Balaban J connectivity index is 1.68. The summed E-state index contributed by atoms with van der Waals surface area (Å²) in [5.74, 6) is -0.166. The second kappa shape index (κ2) is 8.23. The molecular weight excluding hydrogens is 350 g/mol. The molecule has 0 bridgehead atoms. The van der Waals surface area contributed by atoms with Gasteiger partial charge in [-0.2, -0.15) is 0 Å². The molecule has 3 aromatic rings. The molecule has 0 spiro atoms. The summed E-state index contributed by atoms with van der Waals surface area (Å²) >= 11 is 5.87. The van der Waals surface area contributed by atoms with Crippen LogP contribution in [0.3, 0.4) is 0 Å². The van der Waals surface area contributed by atoms with Gasteiger partial charge in [0.2, 0.25) is 5.91 Å². The minimum atomic E-state index is -0.166. The van der Waals surface area contributed by atoms with Gasteiger partial charge in [0.15, 0.2) is 0 Å². The molecule has 0 saturated carbocycles. The molecule has 3 rings (SSSR count). The highest BCUT2D eigenvalue weighted by molar-refractivity contribution is 6.30. The second-order valence-electron chi connectivity index (χ2n) is 6.24. The predicted molar refractivity (Wildman–Crippen MR) is 105 cm³/mol. The van der Waals surface area contributed by atoms with E-state index in [2.05, 4.69) is 5.32 Å². The molecule has 1 N–H and O–H groups in total. The third-order valence-corrected chi connectivity index (χ3v) is 4.58. The number of fused-ring (bicyclic) bond motifs is 1. The van der Waals surface area contributed by atoms with Gasteiger partial charge in [0.05, 0.1) is 11.0 Å². The van der Waals surface area contributed by atoms with Crippen molar-refractivity contribution in [3.63, 3.8) is 0 Å². The van der Waals surface area contributed by atoms with Crippen LogP contribution in [0.2, 0.25) is 5.02 Å². The van der Waals surface area contributed by atoms with E-state index in [0.29, 0.717) is 18.1 Å². The van der Waals surface area contributed by atoms with Crippen LogP contribution >= 0.6 is 11.6 Å². The number of benzene rings is 2. The van der Waals surface area contributed by atoms with Crippen molar-refractivity contribution in [3.05, 3.63) is 69.6 Å². The Labute approximate surface area is 157 Å². The molecule has 0 atom stereocenters. The van der Waals surface area contributed by atoms with Gasteiger partial charge in [0.1, 0.15) is 6.54 Å². The van der Waals surface area contributed by atoms with E-state index < -0.39 is 0 Å². The quantitative estimate of drug-likeness (QED) is 0.693. The summed E-state index contributed by atoms with van der Waals surface area (Å²) in [5, 5.41) is 3.58. The molecule has 1 heterocycles. The highest BCUT2D eigenvalue weighted by Crippen LogP contribution is 2.13. The summed E-state index contributed by atoms with van der Waals surface area (Å²) in [7, 11) is 0. The number of imidazole rings is 1. The Kier molecular flexibility index (Phi) is 5.78. The average molecular weight is 372 g/mol. The molecular formula is C20H22ClN3O2. The maximum Gasteiger partial charge on any atom is 0.329 e. The monoisotopic (exact) mass is 371 g/mol. The number of hydrogen-bond donors (Lipinski definition) is 1. The van der Waals surface area contributed by atoms with Crippen LogP contribution in [0, 0.1) is 0 Å². The number of hydrogen-bond acceptors (Lipinski definition) is 2. The molecule has 0 aliphatic rings. The third kappa shape index (κ3) is 3.99. The number of carbonyl (C=O) groups is 1. The molecule has 136 valence electrons. The lowest BCUT2D eigenvalue weighted by atomic mass is 10.1. The molecule has 0 aliphatic heterocycles. The van der Waals surface area contributed by atoms with E-state index in [-0.39, 0.29) is 18.1 Å². The van der Waals surface area contributed by atoms with Gasteiger partial charge in [0.25, 0.3) is 0 Å². The Hall–Kier alpha value is -2.53. The number of nitrogens with one attached hydrogen (secondary N) is 1. The highest BCUT2D eigenvalue weighted by Gasteiger charge is 2.14. The smallest absolute Gasteiger partial charge is 0.329 e. The summed E-state index contributed by atoms with van der Waals surface area (Å²) < 4.78 is 3.28. The first-order valence-corrected chi connectivity index (χ1v) is 9.17. The van der Waals surface area contributed by atoms with Gasteiger partial charge < -0.3 is 5.32 Å². The second-order valence-corrected chi connectivity index (χ2v) is 6.67. The minimum absolute atomic E-state index is 0.0245. The summed E-state index contributed by atoms with van der Waals surface area (Å²) in [6, 6.07) is 15.1. The van der Waals surface area contributed by atoms with Gasteiger partial charge in [-0.1, -0.05) is 42.8 Å². The maximum atomic E-state index is 12.7. The van der Waals surface area contributed by atoms with E-state index in [0.717, 1.165) is 29.4 Å². The number of halogens is 1.